The Labute approximate surface area is 158 Å². The first-order valence-electron chi connectivity index (χ1n) is 9.38. The van der Waals surface area contributed by atoms with E-state index in [1.807, 2.05) is 31.4 Å². The van der Waals surface area contributed by atoms with Crippen LogP contribution < -0.4 is 4.90 Å². The summed E-state index contributed by atoms with van der Waals surface area (Å²) in [5, 5.41) is 1.27. The van der Waals surface area contributed by atoms with Gasteiger partial charge in [0.25, 0.3) is 0 Å². The fraction of sp³-hybridized carbons (Fsp3) is 0.429. The van der Waals surface area contributed by atoms with Crippen LogP contribution in [0.25, 0.3) is 10.2 Å². The maximum Gasteiger partial charge on any atom is 0.218 e. The first-order chi connectivity index (χ1) is 12.5. The Morgan fingerprint density at radius 3 is 2.65 bits per heavy atom. The molecule has 1 aliphatic heterocycles. The summed E-state index contributed by atoms with van der Waals surface area (Å²) in [6, 6.07) is 10.4. The van der Waals surface area contributed by atoms with Crippen molar-refractivity contribution in [2.45, 2.75) is 32.6 Å². The monoisotopic (exact) mass is 368 g/mol. The number of ketones is 1. The van der Waals surface area contributed by atoms with Crippen LogP contribution in [-0.2, 0) is 7.05 Å². The molecule has 0 saturated carbocycles. The third-order valence-corrected chi connectivity index (χ3v) is 7.04. The molecular formula is C21H26N3OS+. The Bertz CT molecular complexity index is 914. The molecule has 0 atom stereocenters. The Morgan fingerprint density at radius 2 is 2.00 bits per heavy atom. The number of Topliss-reactive ketones (excluding diaryl/α,β-unsaturated/α-hetero) is 1. The van der Waals surface area contributed by atoms with Crippen molar-refractivity contribution >= 4 is 27.3 Å². The van der Waals surface area contributed by atoms with Gasteiger partial charge in [-0.3, -0.25) is 4.79 Å². The SMILES string of the molecule is Cc1cc(C(=O)C[NH+]2CCC(c3nc4ccccc4s3)CC2)c(C)n1C. The number of nitrogens with zero attached hydrogens (tertiary/aromatic N) is 2. The van der Waals surface area contributed by atoms with Crippen molar-refractivity contribution in [1.82, 2.24) is 9.55 Å². The number of quaternary nitrogens is 1. The molecule has 0 aliphatic carbocycles. The molecule has 26 heavy (non-hydrogen) atoms. The summed E-state index contributed by atoms with van der Waals surface area (Å²) in [5.41, 5.74) is 4.24. The van der Waals surface area contributed by atoms with Crippen molar-refractivity contribution in [3.8, 4) is 0 Å². The summed E-state index contributed by atoms with van der Waals surface area (Å²) in [7, 11) is 2.03. The summed E-state index contributed by atoms with van der Waals surface area (Å²) in [5.74, 6) is 0.826. The first-order valence-corrected chi connectivity index (χ1v) is 10.2. The smallest absolute Gasteiger partial charge is 0.218 e. The molecule has 2 aromatic heterocycles. The fourth-order valence-electron chi connectivity index (χ4n) is 3.97. The number of thiazole rings is 1. The van der Waals surface area contributed by atoms with E-state index in [2.05, 4.69) is 35.8 Å². The molecule has 1 saturated heterocycles. The molecule has 1 N–H and O–H groups in total. The number of carbonyl (C=O) groups excluding carboxylic acids is 1. The highest BCUT2D eigenvalue weighted by molar-refractivity contribution is 7.18. The number of hydrogen-bond donors (Lipinski definition) is 1. The van der Waals surface area contributed by atoms with E-state index in [0.717, 1.165) is 48.4 Å². The number of hydrogen-bond acceptors (Lipinski definition) is 3. The van der Waals surface area contributed by atoms with Crippen molar-refractivity contribution < 1.29 is 9.69 Å². The highest BCUT2D eigenvalue weighted by Crippen LogP contribution is 2.31. The number of likely N-dealkylation sites (tertiary alicyclic amines) is 1. The molecule has 4 nitrogen and oxygen atoms in total. The van der Waals surface area contributed by atoms with Crippen LogP contribution in [0.5, 0.6) is 0 Å². The molecule has 3 heterocycles. The molecular weight excluding hydrogens is 342 g/mol. The van der Waals surface area contributed by atoms with E-state index >= 15 is 0 Å². The average Bonchev–Trinajstić information content (AvgIpc) is 3.19. The molecule has 1 aromatic carbocycles. The van der Waals surface area contributed by atoms with Crippen LogP contribution in [0, 0.1) is 13.8 Å². The zero-order valence-electron chi connectivity index (χ0n) is 15.7. The van der Waals surface area contributed by atoms with Gasteiger partial charge in [0, 0.05) is 42.8 Å². The minimum Gasteiger partial charge on any atom is -0.351 e. The van der Waals surface area contributed by atoms with E-state index in [0.29, 0.717) is 12.5 Å². The Morgan fingerprint density at radius 1 is 1.27 bits per heavy atom. The summed E-state index contributed by atoms with van der Waals surface area (Å²) >= 11 is 1.83. The number of fused-ring (bicyclic) bond motifs is 1. The number of para-hydroxylation sites is 1. The molecule has 0 amide bonds. The molecule has 0 radical (unpaired) electrons. The minimum atomic E-state index is 0.277. The van der Waals surface area contributed by atoms with Crippen molar-refractivity contribution in [1.29, 1.82) is 0 Å². The molecule has 0 spiro atoms. The minimum absolute atomic E-state index is 0.277. The van der Waals surface area contributed by atoms with Crippen LogP contribution in [0.15, 0.2) is 30.3 Å². The Hall–Kier alpha value is -1.98. The van der Waals surface area contributed by atoms with Gasteiger partial charge >= 0.3 is 0 Å². The van der Waals surface area contributed by atoms with Crippen LogP contribution >= 0.6 is 11.3 Å². The van der Waals surface area contributed by atoms with E-state index in [-0.39, 0.29) is 5.78 Å². The summed E-state index contributed by atoms with van der Waals surface area (Å²) in [6.45, 7) is 6.81. The van der Waals surface area contributed by atoms with Gasteiger partial charge < -0.3 is 9.47 Å². The van der Waals surface area contributed by atoms with Gasteiger partial charge in [-0.2, -0.15) is 0 Å². The van der Waals surface area contributed by atoms with Crippen LogP contribution in [0.3, 0.4) is 0 Å². The largest absolute Gasteiger partial charge is 0.351 e. The highest BCUT2D eigenvalue weighted by atomic mass is 32.1. The van der Waals surface area contributed by atoms with Gasteiger partial charge in [0.2, 0.25) is 5.78 Å². The van der Waals surface area contributed by atoms with Gasteiger partial charge in [-0.25, -0.2) is 4.98 Å². The third kappa shape index (κ3) is 3.21. The Balaban J connectivity index is 1.39. The van der Waals surface area contributed by atoms with E-state index in [4.69, 9.17) is 4.98 Å². The van der Waals surface area contributed by atoms with Crippen LogP contribution in [-0.4, -0.2) is 35.0 Å². The number of nitrogens with one attached hydrogen (secondary N) is 1. The lowest BCUT2D eigenvalue weighted by atomic mass is 9.97. The van der Waals surface area contributed by atoms with Crippen molar-refractivity contribution in [2.24, 2.45) is 7.05 Å². The molecule has 5 heteroatoms. The van der Waals surface area contributed by atoms with Crippen LogP contribution in [0.4, 0.5) is 0 Å². The van der Waals surface area contributed by atoms with E-state index < -0.39 is 0 Å². The van der Waals surface area contributed by atoms with Gasteiger partial charge in [-0.1, -0.05) is 12.1 Å². The lowest BCUT2D eigenvalue weighted by Crippen LogP contribution is -3.13. The maximum absolute atomic E-state index is 12.7. The topological polar surface area (TPSA) is 39.3 Å². The normalized spacial score (nSPS) is 20.6. The maximum atomic E-state index is 12.7. The van der Waals surface area contributed by atoms with Crippen LogP contribution in [0.1, 0.15) is 45.5 Å². The van der Waals surface area contributed by atoms with Crippen molar-refractivity contribution in [3.63, 3.8) is 0 Å². The number of piperidine rings is 1. The second kappa shape index (κ2) is 6.97. The molecule has 136 valence electrons. The standard InChI is InChI=1S/C21H25N3OS/c1-14-12-17(15(2)23(14)3)19(25)13-24-10-8-16(9-11-24)21-22-18-6-4-5-7-20(18)26-21/h4-7,12,16H,8-11,13H2,1-3H3/p+1. The molecule has 3 aromatic rings. The number of rotatable bonds is 4. The van der Waals surface area contributed by atoms with Gasteiger partial charge in [0.15, 0.2) is 0 Å². The first kappa shape index (κ1) is 17.4. The van der Waals surface area contributed by atoms with E-state index in [1.165, 1.54) is 14.6 Å². The molecule has 1 aliphatic rings. The van der Waals surface area contributed by atoms with Crippen LogP contribution in [0.2, 0.25) is 0 Å². The zero-order chi connectivity index (χ0) is 18.3. The van der Waals surface area contributed by atoms with E-state index in [1.54, 1.807) is 0 Å². The van der Waals surface area contributed by atoms with Crippen molar-refractivity contribution in [3.05, 3.63) is 52.3 Å². The van der Waals surface area contributed by atoms with Gasteiger partial charge in [0.1, 0.15) is 6.54 Å². The predicted molar refractivity (Wildman–Crippen MR) is 106 cm³/mol. The van der Waals surface area contributed by atoms with Gasteiger partial charge in [-0.05, 0) is 32.0 Å². The highest BCUT2D eigenvalue weighted by Gasteiger charge is 2.28. The number of benzene rings is 1. The summed E-state index contributed by atoms with van der Waals surface area (Å²) in [4.78, 5) is 19.0. The average molecular weight is 369 g/mol. The molecule has 0 bridgehead atoms. The number of aromatic nitrogens is 2. The third-order valence-electron chi connectivity index (χ3n) is 5.84. The molecule has 1 fully saturated rings. The zero-order valence-corrected chi connectivity index (χ0v) is 16.5. The second-order valence-electron chi connectivity index (χ2n) is 7.49. The van der Waals surface area contributed by atoms with Crippen molar-refractivity contribution in [2.75, 3.05) is 19.6 Å². The lowest BCUT2D eigenvalue weighted by molar-refractivity contribution is -0.896. The van der Waals surface area contributed by atoms with Gasteiger partial charge in [0.05, 0.1) is 28.3 Å². The predicted octanol–water partition coefficient (Wildman–Crippen LogP) is 2.90. The summed E-state index contributed by atoms with van der Waals surface area (Å²) in [6.07, 6.45) is 2.24. The second-order valence-corrected chi connectivity index (χ2v) is 8.55. The quantitative estimate of drug-likeness (QED) is 0.719. The molecule has 0 unspecified atom stereocenters. The fourth-order valence-corrected chi connectivity index (χ4v) is 5.11. The Kier molecular flexibility index (Phi) is 4.67. The molecule has 4 rings (SSSR count). The number of carbonyl (C=O) groups is 1. The van der Waals surface area contributed by atoms with Gasteiger partial charge in [-0.15, -0.1) is 11.3 Å². The summed E-state index contributed by atoms with van der Waals surface area (Å²) < 4.78 is 3.38. The van der Waals surface area contributed by atoms with E-state index in [9.17, 15) is 4.79 Å². The lowest BCUT2D eigenvalue weighted by Gasteiger charge is -2.27. The number of aryl methyl sites for hydroxylation is 1.